The van der Waals surface area contributed by atoms with Crippen molar-refractivity contribution in [3.05, 3.63) is 48.4 Å². The van der Waals surface area contributed by atoms with Crippen LogP contribution < -0.4 is 14.4 Å². The van der Waals surface area contributed by atoms with Gasteiger partial charge in [-0.05, 0) is 31.0 Å². The standard InChI is InChI=1S/C23H28N6O3/c1-27(2)21-22(25-11-10-24-21)32-18-9-6-12-29(15-18)23(30)20-14-19(26-28(20)3)16-7-5-8-17(13-16)31-4/h5,7-8,10-11,13-14,18H,6,9,12,15H2,1-4H3. The maximum Gasteiger partial charge on any atom is 0.272 e. The summed E-state index contributed by atoms with van der Waals surface area (Å²) in [5.74, 6) is 1.84. The molecule has 0 saturated carbocycles. The monoisotopic (exact) mass is 436 g/mol. The predicted octanol–water partition coefficient (Wildman–Crippen LogP) is 2.64. The van der Waals surface area contributed by atoms with Crippen LogP contribution >= 0.6 is 0 Å². The second kappa shape index (κ2) is 9.25. The van der Waals surface area contributed by atoms with Crippen molar-refractivity contribution in [3.63, 3.8) is 0 Å². The number of amides is 1. The molecule has 168 valence electrons. The van der Waals surface area contributed by atoms with Gasteiger partial charge in [-0.3, -0.25) is 9.48 Å². The first-order valence-electron chi connectivity index (χ1n) is 10.6. The molecule has 1 saturated heterocycles. The van der Waals surface area contributed by atoms with E-state index in [4.69, 9.17) is 9.47 Å². The number of hydrogen-bond acceptors (Lipinski definition) is 7. The fourth-order valence-corrected chi connectivity index (χ4v) is 3.84. The smallest absolute Gasteiger partial charge is 0.272 e. The molecule has 4 rings (SSSR count). The lowest BCUT2D eigenvalue weighted by Crippen LogP contribution is -2.45. The quantitative estimate of drug-likeness (QED) is 0.587. The van der Waals surface area contributed by atoms with Gasteiger partial charge in [0.15, 0.2) is 5.82 Å². The average Bonchev–Trinajstić information content (AvgIpc) is 3.20. The van der Waals surface area contributed by atoms with Crippen LogP contribution in [0, 0.1) is 0 Å². The number of anilines is 1. The van der Waals surface area contributed by atoms with Crippen LogP contribution in [0.5, 0.6) is 11.6 Å². The van der Waals surface area contributed by atoms with E-state index in [1.807, 2.05) is 54.2 Å². The summed E-state index contributed by atoms with van der Waals surface area (Å²) in [6, 6.07) is 9.47. The number of carbonyl (C=O) groups is 1. The number of rotatable bonds is 6. The molecule has 9 heteroatoms. The molecule has 1 aromatic carbocycles. The van der Waals surface area contributed by atoms with E-state index in [2.05, 4.69) is 15.1 Å². The summed E-state index contributed by atoms with van der Waals surface area (Å²) < 4.78 is 13.1. The van der Waals surface area contributed by atoms with E-state index in [1.54, 1.807) is 31.2 Å². The number of piperidine rings is 1. The van der Waals surface area contributed by atoms with Crippen LogP contribution in [-0.4, -0.2) is 71.0 Å². The number of nitrogens with zero attached hydrogens (tertiary/aromatic N) is 6. The highest BCUT2D eigenvalue weighted by molar-refractivity contribution is 5.93. The van der Waals surface area contributed by atoms with E-state index in [-0.39, 0.29) is 12.0 Å². The Balaban J connectivity index is 1.50. The molecule has 1 atom stereocenters. The maximum absolute atomic E-state index is 13.3. The van der Waals surface area contributed by atoms with Crippen molar-refractivity contribution in [2.24, 2.45) is 7.05 Å². The third-order valence-electron chi connectivity index (χ3n) is 5.48. The van der Waals surface area contributed by atoms with Gasteiger partial charge >= 0.3 is 0 Å². The van der Waals surface area contributed by atoms with Crippen molar-refractivity contribution in [1.82, 2.24) is 24.6 Å². The molecule has 3 heterocycles. The SMILES string of the molecule is COc1cccc(-c2cc(C(=O)N3CCCC(Oc4nccnc4N(C)C)C3)n(C)n2)c1. The molecule has 32 heavy (non-hydrogen) atoms. The molecule has 1 unspecified atom stereocenters. The second-order valence-electron chi connectivity index (χ2n) is 7.98. The third-order valence-corrected chi connectivity index (χ3v) is 5.48. The van der Waals surface area contributed by atoms with Crippen LogP contribution in [0.3, 0.4) is 0 Å². The Hall–Kier alpha value is -3.62. The minimum absolute atomic E-state index is 0.0607. The molecule has 1 amide bonds. The molecule has 0 radical (unpaired) electrons. The summed E-state index contributed by atoms with van der Waals surface area (Å²) >= 11 is 0. The summed E-state index contributed by atoms with van der Waals surface area (Å²) in [7, 11) is 7.22. The number of methoxy groups -OCH3 is 1. The van der Waals surface area contributed by atoms with Crippen LogP contribution in [0.1, 0.15) is 23.3 Å². The summed E-state index contributed by atoms with van der Waals surface area (Å²) in [5.41, 5.74) is 2.17. The van der Waals surface area contributed by atoms with Gasteiger partial charge in [-0.1, -0.05) is 12.1 Å². The number of carbonyl (C=O) groups excluding carboxylic acids is 1. The Morgan fingerprint density at radius 1 is 1.19 bits per heavy atom. The molecular formula is C23H28N6O3. The van der Waals surface area contributed by atoms with Crippen LogP contribution in [0.25, 0.3) is 11.3 Å². The predicted molar refractivity (Wildman–Crippen MR) is 121 cm³/mol. The number of aryl methyl sites for hydroxylation is 1. The molecule has 0 bridgehead atoms. The summed E-state index contributed by atoms with van der Waals surface area (Å²) in [6.07, 6.45) is 4.82. The number of hydrogen-bond donors (Lipinski definition) is 0. The lowest BCUT2D eigenvalue weighted by Gasteiger charge is -2.33. The molecule has 1 aliphatic heterocycles. The van der Waals surface area contributed by atoms with E-state index in [9.17, 15) is 4.79 Å². The normalized spacial score (nSPS) is 16.0. The Bertz CT molecular complexity index is 1100. The van der Waals surface area contributed by atoms with Crippen molar-refractivity contribution >= 4 is 11.7 Å². The van der Waals surface area contributed by atoms with Crippen molar-refractivity contribution in [3.8, 4) is 22.9 Å². The first kappa shape index (κ1) is 21.6. The summed E-state index contributed by atoms with van der Waals surface area (Å²) in [6.45, 7) is 1.17. The van der Waals surface area contributed by atoms with Gasteiger partial charge in [0, 0.05) is 45.6 Å². The van der Waals surface area contributed by atoms with Gasteiger partial charge in [-0.25, -0.2) is 9.97 Å². The average molecular weight is 437 g/mol. The Morgan fingerprint density at radius 2 is 2.00 bits per heavy atom. The largest absolute Gasteiger partial charge is 0.497 e. The van der Waals surface area contributed by atoms with Crippen LogP contribution in [0.4, 0.5) is 5.82 Å². The second-order valence-corrected chi connectivity index (χ2v) is 7.98. The molecule has 1 aliphatic rings. The first-order valence-corrected chi connectivity index (χ1v) is 10.6. The van der Waals surface area contributed by atoms with E-state index in [0.717, 1.165) is 29.8 Å². The van der Waals surface area contributed by atoms with Gasteiger partial charge in [0.25, 0.3) is 11.8 Å². The van der Waals surface area contributed by atoms with E-state index < -0.39 is 0 Å². The highest BCUT2D eigenvalue weighted by atomic mass is 16.5. The molecule has 9 nitrogen and oxygen atoms in total. The van der Waals surface area contributed by atoms with Crippen molar-refractivity contribution in [1.29, 1.82) is 0 Å². The minimum Gasteiger partial charge on any atom is -0.497 e. The highest BCUT2D eigenvalue weighted by Crippen LogP contribution is 2.26. The van der Waals surface area contributed by atoms with Crippen LogP contribution in [0.2, 0.25) is 0 Å². The Morgan fingerprint density at radius 3 is 2.78 bits per heavy atom. The summed E-state index contributed by atoms with van der Waals surface area (Å²) in [4.78, 5) is 25.7. The van der Waals surface area contributed by atoms with Gasteiger partial charge in [-0.15, -0.1) is 0 Å². The molecule has 2 aromatic heterocycles. The molecule has 1 fully saturated rings. The Kier molecular flexibility index (Phi) is 6.25. The molecule has 3 aromatic rings. The fourth-order valence-electron chi connectivity index (χ4n) is 3.84. The highest BCUT2D eigenvalue weighted by Gasteiger charge is 2.29. The van der Waals surface area contributed by atoms with Gasteiger partial charge in [0.1, 0.15) is 17.5 Å². The van der Waals surface area contributed by atoms with Gasteiger partial charge < -0.3 is 19.3 Å². The van der Waals surface area contributed by atoms with E-state index in [0.29, 0.717) is 30.5 Å². The molecule has 0 N–H and O–H groups in total. The fraction of sp³-hybridized carbons (Fsp3) is 0.391. The minimum atomic E-state index is -0.144. The zero-order valence-electron chi connectivity index (χ0n) is 18.9. The van der Waals surface area contributed by atoms with Crippen molar-refractivity contribution in [2.75, 3.05) is 39.2 Å². The molecule has 0 spiro atoms. The topological polar surface area (TPSA) is 85.6 Å². The third kappa shape index (κ3) is 4.51. The zero-order valence-corrected chi connectivity index (χ0v) is 18.9. The maximum atomic E-state index is 13.3. The summed E-state index contributed by atoms with van der Waals surface area (Å²) in [5, 5.41) is 4.55. The van der Waals surface area contributed by atoms with Crippen molar-refractivity contribution < 1.29 is 14.3 Å². The van der Waals surface area contributed by atoms with Gasteiger partial charge in [-0.2, -0.15) is 5.10 Å². The van der Waals surface area contributed by atoms with Gasteiger partial charge in [0.2, 0.25) is 0 Å². The van der Waals surface area contributed by atoms with E-state index in [1.165, 1.54) is 0 Å². The van der Waals surface area contributed by atoms with Crippen LogP contribution in [-0.2, 0) is 7.05 Å². The Labute approximate surface area is 187 Å². The lowest BCUT2D eigenvalue weighted by molar-refractivity contribution is 0.0518. The van der Waals surface area contributed by atoms with E-state index >= 15 is 0 Å². The van der Waals surface area contributed by atoms with Crippen molar-refractivity contribution in [2.45, 2.75) is 18.9 Å². The zero-order chi connectivity index (χ0) is 22.7. The molecular weight excluding hydrogens is 408 g/mol. The van der Waals surface area contributed by atoms with Gasteiger partial charge in [0.05, 0.1) is 19.3 Å². The number of likely N-dealkylation sites (tertiary alicyclic amines) is 1. The number of aromatic nitrogens is 4. The van der Waals surface area contributed by atoms with Crippen LogP contribution in [0.15, 0.2) is 42.7 Å². The first-order chi connectivity index (χ1) is 15.5. The number of ether oxygens (including phenoxy) is 2. The molecule has 0 aliphatic carbocycles. The number of benzene rings is 1. The lowest BCUT2D eigenvalue weighted by atomic mass is 10.1.